The third kappa shape index (κ3) is 3.65. The maximum Gasteiger partial charge on any atom is 0.389 e. The predicted octanol–water partition coefficient (Wildman–Crippen LogP) is 2.49. The molecular weight excluding hydrogens is 264 g/mol. The molecule has 7 heteroatoms. The number of carbonyl (C=O) groups excluding carboxylic acids is 1. The molecule has 104 valence electrons. The number of carbonyl (C=O) groups is 1. The summed E-state index contributed by atoms with van der Waals surface area (Å²) < 4.78 is 48.8. The van der Waals surface area contributed by atoms with Crippen LogP contribution in [0.5, 0.6) is 0 Å². The molecule has 3 nitrogen and oxygen atoms in total. The quantitative estimate of drug-likeness (QED) is 0.627. The second-order valence-electron chi connectivity index (χ2n) is 4.52. The molecule has 1 aromatic heterocycles. The van der Waals surface area contributed by atoms with E-state index in [1.54, 1.807) is 6.07 Å². The molecule has 0 saturated carbocycles. The standard InChI is InChI=1S/C12H12F4N2O/c13-10-5-8(2-4-17-10)9-6-18(7-9)11(19)1-3-12(14,15)16/h2,4-5,9H,1,3,6-7H2. The van der Waals surface area contributed by atoms with Gasteiger partial charge >= 0.3 is 6.18 Å². The molecule has 1 aliphatic heterocycles. The number of rotatable bonds is 3. The van der Waals surface area contributed by atoms with Gasteiger partial charge in [-0.1, -0.05) is 0 Å². The monoisotopic (exact) mass is 276 g/mol. The van der Waals surface area contributed by atoms with Crippen molar-refractivity contribution < 1.29 is 22.4 Å². The van der Waals surface area contributed by atoms with Gasteiger partial charge in [-0.15, -0.1) is 0 Å². The van der Waals surface area contributed by atoms with Gasteiger partial charge in [0.15, 0.2) is 0 Å². The molecular formula is C12H12F4N2O. The summed E-state index contributed by atoms with van der Waals surface area (Å²) in [7, 11) is 0. The van der Waals surface area contributed by atoms with Crippen LogP contribution in [0.4, 0.5) is 17.6 Å². The highest BCUT2D eigenvalue weighted by atomic mass is 19.4. The minimum absolute atomic E-state index is 0.0210. The molecule has 2 heterocycles. The first-order valence-corrected chi connectivity index (χ1v) is 5.81. The van der Waals surface area contributed by atoms with E-state index < -0.39 is 30.9 Å². The van der Waals surface area contributed by atoms with E-state index in [0.717, 1.165) is 0 Å². The maximum absolute atomic E-state index is 12.9. The molecule has 0 aromatic carbocycles. The molecule has 0 unspecified atom stereocenters. The van der Waals surface area contributed by atoms with Crippen LogP contribution in [0.2, 0.25) is 0 Å². The van der Waals surface area contributed by atoms with Crippen molar-refractivity contribution in [2.24, 2.45) is 0 Å². The zero-order chi connectivity index (χ0) is 14.0. The number of pyridine rings is 1. The van der Waals surface area contributed by atoms with E-state index in [2.05, 4.69) is 4.98 Å². The molecule has 19 heavy (non-hydrogen) atoms. The van der Waals surface area contributed by atoms with E-state index in [9.17, 15) is 22.4 Å². The lowest BCUT2D eigenvalue weighted by Gasteiger charge is -2.39. The average Bonchev–Trinajstić information content (AvgIpc) is 2.23. The number of amides is 1. The molecule has 1 aromatic rings. The largest absolute Gasteiger partial charge is 0.389 e. The van der Waals surface area contributed by atoms with Gasteiger partial charge in [-0.3, -0.25) is 4.79 Å². The first-order chi connectivity index (χ1) is 8.85. The van der Waals surface area contributed by atoms with Gasteiger partial charge in [0, 0.05) is 31.6 Å². The van der Waals surface area contributed by atoms with E-state index in [1.807, 2.05) is 0 Å². The van der Waals surface area contributed by atoms with Crippen molar-refractivity contribution in [1.82, 2.24) is 9.88 Å². The fraction of sp³-hybridized carbons (Fsp3) is 0.500. The second kappa shape index (κ2) is 5.14. The minimum atomic E-state index is -4.31. The molecule has 0 bridgehead atoms. The molecule has 0 N–H and O–H groups in total. The van der Waals surface area contributed by atoms with Crippen LogP contribution in [-0.4, -0.2) is 35.1 Å². The Morgan fingerprint density at radius 3 is 2.68 bits per heavy atom. The summed E-state index contributed by atoms with van der Waals surface area (Å²) in [4.78, 5) is 16.2. The Morgan fingerprint density at radius 1 is 1.42 bits per heavy atom. The van der Waals surface area contributed by atoms with E-state index in [4.69, 9.17) is 0 Å². The molecule has 0 radical (unpaired) electrons. The first-order valence-electron chi connectivity index (χ1n) is 5.81. The third-order valence-electron chi connectivity index (χ3n) is 3.08. The first kappa shape index (κ1) is 13.8. The Labute approximate surface area is 107 Å². The summed E-state index contributed by atoms with van der Waals surface area (Å²) in [5.41, 5.74) is 0.715. The lowest BCUT2D eigenvalue weighted by atomic mass is 9.92. The van der Waals surface area contributed by atoms with Crippen LogP contribution in [0.1, 0.15) is 24.3 Å². The molecule has 0 spiro atoms. The summed E-state index contributed by atoms with van der Waals surface area (Å²) in [5, 5.41) is 0. The predicted molar refractivity (Wildman–Crippen MR) is 58.8 cm³/mol. The van der Waals surface area contributed by atoms with Gasteiger partial charge in [-0.25, -0.2) is 4.98 Å². The van der Waals surface area contributed by atoms with Gasteiger partial charge in [0.2, 0.25) is 11.9 Å². The summed E-state index contributed by atoms with van der Waals surface area (Å²) in [5.74, 6) is -1.13. The lowest BCUT2D eigenvalue weighted by molar-refractivity contribution is -0.151. The van der Waals surface area contributed by atoms with Crippen molar-refractivity contribution in [1.29, 1.82) is 0 Å². The molecule has 1 amide bonds. The maximum atomic E-state index is 12.9. The highest BCUT2D eigenvalue weighted by Gasteiger charge is 2.34. The Kier molecular flexibility index (Phi) is 3.73. The molecule has 0 atom stereocenters. The van der Waals surface area contributed by atoms with Crippen LogP contribution < -0.4 is 0 Å². The Balaban J connectivity index is 1.81. The molecule has 1 fully saturated rings. The van der Waals surface area contributed by atoms with Crippen LogP contribution >= 0.6 is 0 Å². The van der Waals surface area contributed by atoms with Gasteiger partial charge in [0.1, 0.15) is 0 Å². The normalized spacial score (nSPS) is 16.3. The Hall–Kier alpha value is -1.66. The van der Waals surface area contributed by atoms with Gasteiger partial charge in [0.25, 0.3) is 0 Å². The number of hydrogen-bond acceptors (Lipinski definition) is 2. The van der Waals surface area contributed by atoms with Crippen LogP contribution in [-0.2, 0) is 4.79 Å². The zero-order valence-electron chi connectivity index (χ0n) is 9.95. The van der Waals surface area contributed by atoms with Gasteiger partial charge in [-0.05, 0) is 17.7 Å². The van der Waals surface area contributed by atoms with Crippen LogP contribution in [0, 0.1) is 5.95 Å². The highest BCUT2D eigenvalue weighted by molar-refractivity contribution is 5.77. The van der Waals surface area contributed by atoms with Crippen LogP contribution in [0.15, 0.2) is 18.3 Å². The van der Waals surface area contributed by atoms with Gasteiger partial charge in [0.05, 0.1) is 6.42 Å². The Morgan fingerprint density at radius 2 is 2.11 bits per heavy atom. The average molecular weight is 276 g/mol. The van der Waals surface area contributed by atoms with E-state index in [-0.39, 0.29) is 5.92 Å². The second-order valence-corrected chi connectivity index (χ2v) is 4.52. The van der Waals surface area contributed by atoms with E-state index in [1.165, 1.54) is 17.2 Å². The number of halogens is 4. The summed E-state index contributed by atoms with van der Waals surface area (Å²) in [6.07, 6.45) is -4.61. The van der Waals surface area contributed by atoms with Crippen LogP contribution in [0.25, 0.3) is 0 Å². The fourth-order valence-electron chi connectivity index (χ4n) is 1.97. The third-order valence-corrected chi connectivity index (χ3v) is 3.08. The number of likely N-dealkylation sites (tertiary alicyclic amines) is 1. The molecule has 1 aliphatic rings. The van der Waals surface area contributed by atoms with E-state index >= 15 is 0 Å². The fourth-order valence-corrected chi connectivity index (χ4v) is 1.97. The topological polar surface area (TPSA) is 33.2 Å². The van der Waals surface area contributed by atoms with Gasteiger partial charge in [-0.2, -0.15) is 17.6 Å². The smallest absolute Gasteiger partial charge is 0.341 e. The summed E-state index contributed by atoms with van der Waals surface area (Å²) in [6.45, 7) is 0.667. The highest BCUT2D eigenvalue weighted by Crippen LogP contribution is 2.29. The molecule has 2 rings (SSSR count). The SMILES string of the molecule is O=C(CCC(F)(F)F)N1CC(c2ccnc(F)c2)C1. The molecule has 0 aliphatic carbocycles. The Bertz CT molecular complexity index is 469. The van der Waals surface area contributed by atoms with Crippen LogP contribution in [0.3, 0.4) is 0 Å². The lowest BCUT2D eigenvalue weighted by Crippen LogP contribution is -2.48. The van der Waals surface area contributed by atoms with Crippen molar-refractivity contribution in [3.8, 4) is 0 Å². The summed E-state index contributed by atoms with van der Waals surface area (Å²) >= 11 is 0. The van der Waals surface area contributed by atoms with Crippen molar-refractivity contribution in [2.75, 3.05) is 13.1 Å². The van der Waals surface area contributed by atoms with Crippen molar-refractivity contribution >= 4 is 5.91 Å². The number of hydrogen-bond donors (Lipinski definition) is 0. The molecule has 1 saturated heterocycles. The van der Waals surface area contributed by atoms with Crippen molar-refractivity contribution in [3.05, 3.63) is 29.8 Å². The number of nitrogens with zero attached hydrogens (tertiary/aromatic N) is 2. The van der Waals surface area contributed by atoms with Crippen molar-refractivity contribution in [2.45, 2.75) is 24.9 Å². The van der Waals surface area contributed by atoms with Gasteiger partial charge < -0.3 is 4.90 Å². The zero-order valence-corrected chi connectivity index (χ0v) is 9.95. The number of aromatic nitrogens is 1. The number of alkyl halides is 3. The van der Waals surface area contributed by atoms with E-state index in [0.29, 0.717) is 18.7 Å². The minimum Gasteiger partial charge on any atom is -0.341 e. The summed E-state index contributed by atoms with van der Waals surface area (Å²) in [6, 6.07) is 2.92. The van der Waals surface area contributed by atoms with Crippen molar-refractivity contribution in [3.63, 3.8) is 0 Å².